The van der Waals surface area contributed by atoms with Crippen molar-refractivity contribution in [3.05, 3.63) is 30.1 Å². The largest absolute Gasteiger partial charge is 0.479 e. The summed E-state index contributed by atoms with van der Waals surface area (Å²) >= 11 is 1.36. The minimum atomic E-state index is -0.258. The summed E-state index contributed by atoms with van der Waals surface area (Å²) in [6.07, 6.45) is 6.13. The van der Waals surface area contributed by atoms with Crippen molar-refractivity contribution >= 4 is 16.5 Å². The Morgan fingerprint density at radius 3 is 2.55 bits per heavy atom. The lowest BCUT2D eigenvalue weighted by atomic mass is 9.98. The van der Waals surface area contributed by atoms with Crippen molar-refractivity contribution in [3.63, 3.8) is 0 Å². The second kappa shape index (κ2) is 5.79. The fourth-order valence-electron chi connectivity index (χ4n) is 2.53. The molecular formula is C15H17FN2OS. The van der Waals surface area contributed by atoms with E-state index in [0.29, 0.717) is 5.13 Å². The summed E-state index contributed by atoms with van der Waals surface area (Å²) in [4.78, 5) is 4.32. The highest BCUT2D eigenvalue weighted by Gasteiger charge is 2.20. The molecule has 0 unspecified atom stereocenters. The van der Waals surface area contributed by atoms with Crippen molar-refractivity contribution in [1.29, 1.82) is 0 Å². The van der Waals surface area contributed by atoms with Crippen LogP contribution in [0.15, 0.2) is 24.3 Å². The van der Waals surface area contributed by atoms with Gasteiger partial charge in [-0.3, -0.25) is 0 Å². The van der Waals surface area contributed by atoms with Crippen molar-refractivity contribution in [2.24, 2.45) is 0 Å². The Kier molecular flexibility index (Phi) is 3.87. The quantitative estimate of drug-likeness (QED) is 0.920. The molecule has 1 heterocycles. The van der Waals surface area contributed by atoms with E-state index in [2.05, 4.69) is 4.98 Å². The fourth-order valence-corrected chi connectivity index (χ4v) is 3.30. The molecule has 0 amide bonds. The molecule has 3 rings (SSSR count). The van der Waals surface area contributed by atoms with E-state index >= 15 is 0 Å². The third-order valence-corrected chi connectivity index (χ3v) is 4.33. The average molecular weight is 292 g/mol. The number of nitrogens with two attached hydrogens (primary N) is 1. The molecule has 0 atom stereocenters. The minimum Gasteiger partial charge on any atom is -0.479 e. The predicted octanol–water partition coefficient (Wildman–Crippen LogP) is 4.24. The molecule has 0 aliphatic heterocycles. The lowest BCUT2D eigenvalue weighted by Gasteiger charge is -2.22. The van der Waals surface area contributed by atoms with Gasteiger partial charge >= 0.3 is 0 Å². The van der Waals surface area contributed by atoms with Crippen LogP contribution in [0.4, 0.5) is 9.52 Å². The van der Waals surface area contributed by atoms with Crippen molar-refractivity contribution in [2.45, 2.75) is 38.2 Å². The molecule has 5 heteroatoms. The molecule has 3 nitrogen and oxygen atoms in total. The van der Waals surface area contributed by atoms with Crippen LogP contribution in [0, 0.1) is 5.82 Å². The molecule has 2 aromatic rings. The molecular weight excluding hydrogens is 275 g/mol. The van der Waals surface area contributed by atoms with Crippen LogP contribution in [0.5, 0.6) is 5.06 Å². The van der Waals surface area contributed by atoms with E-state index in [1.807, 2.05) is 0 Å². The first kappa shape index (κ1) is 13.4. The highest BCUT2D eigenvalue weighted by molar-refractivity contribution is 7.17. The summed E-state index contributed by atoms with van der Waals surface area (Å²) < 4.78 is 19.1. The summed E-state index contributed by atoms with van der Waals surface area (Å²) in [6.45, 7) is 0. The number of hydrogen-bond acceptors (Lipinski definition) is 4. The molecule has 0 spiro atoms. The number of ether oxygens (including phenoxy) is 1. The van der Waals surface area contributed by atoms with E-state index in [4.69, 9.17) is 10.5 Å². The second-order valence-corrected chi connectivity index (χ2v) is 6.07. The van der Waals surface area contributed by atoms with Crippen LogP contribution in [0.3, 0.4) is 0 Å². The number of rotatable bonds is 3. The number of aromatic nitrogens is 1. The molecule has 1 aliphatic carbocycles. The van der Waals surface area contributed by atoms with E-state index in [9.17, 15) is 4.39 Å². The molecule has 0 saturated heterocycles. The normalized spacial score (nSPS) is 16.2. The highest BCUT2D eigenvalue weighted by atomic mass is 32.1. The van der Waals surface area contributed by atoms with Crippen LogP contribution < -0.4 is 10.5 Å². The van der Waals surface area contributed by atoms with Crippen LogP contribution in [-0.4, -0.2) is 11.1 Å². The number of nitrogen functional groups attached to an aromatic ring is 1. The molecule has 1 aliphatic rings. The Labute approximate surface area is 121 Å². The van der Waals surface area contributed by atoms with Gasteiger partial charge in [0.25, 0.3) is 0 Å². The molecule has 0 bridgehead atoms. The third kappa shape index (κ3) is 2.93. The van der Waals surface area contributed by atoms with Gasteiger partial charge in [0.15, 0.2) is 5.13 Å². The van der Waals surface area contributed by atoms with Crippen LogP contribution in [0.1, 0.15) is 32.1 Å². The molecule has 106 valence electrons. The Balaban J connectivity index is 1.85. The summed E-state index contributed by atoms with van der Waals surface area (Å²) in [5.74, 6) is -0.258. The Bertz CT molecular complexity index is 576. The molecule has 1 aromatic heterocycles. The summed E-state index contributed by atoms with van der Waals surface area (Å²) in [5.41, 5.74) is 7.36. The zero-order valence-corrected chi connectivity index (χ0v) is 12.0. The van der Waals surface area contributed by atoms with Crippen LogP contribution in [0.25, 0.3) is 11.3 Å². The number of nitrogens with zero attached hydrogens (tertiary/aromatic N) is 1. The predicted molar refractivity (Wildman–Crippen MR) is 79.4 cm³/mol. The SMILES string of the molecule is Nc1nc(-c2ccc(F)cc2)c(OC2CCCCC2)s1. The van der Waals surface area contributed by atoms with E-state index in [1.165, 1.54) is 42.7 Å². The smallest absolute Gasteiger partial charge is 0.204 e. The van der Waals surface area contributed by atoms with Crippen molar-refractivity contribution in [3.8, 4) is 16.3 Å². The third-order valence-electron chi connectivity index (χ3n) is 3.56. The summed E-state index contributed by atoms with van der Waals surface area (Å²) in [5, 5.41) is 1.23. The maximum atomic E-state index is 13.0. The van der Waals surface area contributed by atoms with Crippen LogP contribution in [0.2, 0.25) is 0 Å². The van der Waals surface area contributed by atoms with Crippen molar-refractivity contribution in [2.75, 3.05) is 5.73 Å². The zero-order chi connectivity index (χ0) is 13.9. The first-order chi connectivity index (χ1) is 9.72. The van der Waals surface area contributed by atoms with Crippen LogP contribution >= 0.6 is 11.3 Å². The first-order valence-electron chi connectivity index (χ1n) is 6.91. The van der Waals surface area contributed by atoms with Gasteiger partial charge in [-0.1, -0.05) is 17.8 Å². The van der Waals surface area contributed by atoms with Gasteiger partial charge in [-0.25, -0.2) is 9.37 Å². The monoisotopic (exact) mass is 292 g/mol. The van der Waals surface area contributed by atoms with E-state index in [-0.39, 0.29) is 11.9 Å². The van der Waals surface area contributed by atoms with Crippen molar-refractivity contribution < 1.29 is 9.13 Å². The summed E-state index contributed by atoms with van der Waals surface area (Å²) in [7, 11) is 0. The zero-order valence-electron chi connectivity index (χ0n) is 11.1. The highest BCUT2D eigenvalue weighted by Crippen LogP contribution is 2.38. The van der Waals surface area contributed by atoms with Gasteiger partial charge in [-0.15, -0.1) is 0 Å². The molecule has 2 N–H and O–H groups in total. The second-order valence-electron chi connectivity index (χ2n) is 5.07. The van der Waals surface area contributed by atoms with Gasteiger partial charge in [-0.05, 0) is 49.9 Å². The lowest BCUT2D eigenvalue weighted by Crippen LogP contribution is -2.19. The number of hydrogen-bond donors (Lipinski definition) is 1. The molecule has 1 fully saturated rings. The van der Waals surface area contributed by atoms with E-state index in [1.54, 1.807) is 12.1 Å². The standard InChI is InChI=1S/C15H17FN2OS/c16-11-8-6-10(7-9-11)13-14(20-15(17)18-13)19-12-4-2-1-3-5-12/h6-9,12H,1-5H2,(H2,17,18). The minimum absolute atomic E-state index is 0.253. The average Bonchev–Trinajstić information content (AvgIpc) is 2.81. The number of thiazole rings is 1. The Morgan fingerprint density at radius 2 is 1.85 bits per heavy atom. The number of halogens is 1. The number of anilines is 1. The maximum absolute atomic E-state index is 13.0. The van der Waals surface area contributed by atoms with Gasteiger partial charge in [-0.2, -0.15) is 0 Å². The van der Waals surface area contributed by atoms with Gasteiger partial charge in [0.2, 0.25) is 5.06 Å². The Hall–Kier alpha value is -1.62. The Morgan fingerprint density at radius 1 is 1.15 bits per heavy atom. The van der Waals surface area contributed by atoms with E-state index < -0.39 is 0 Å². The molecule has 1 saturated carbocycles. The lowest BCUT2D eigenvalue weighted by molar-refractivity contribution is 0.160. The molecule has 1 aromatic carbocycles. The topological polar surface area (TPSA) is 48.1 Å². The summed E-state index contributed by atoms with van der Waals surface area (Å²) in [6, 6.07) is 6.26. The fraction of sp³-hybridized carbons (Fsp3) is 0.400. The van der Waals surface area contributed by atoms with Gasteiger partial charge in [0.1, 0.15) is 11.5 Å². The van der Waals surface area contributed by atoms with Gasteiger partial charge in [0, 0.05) is 5.56 Å². The number of benzene rings is 1. The first-order valence-corrected chi connectivity index (χ1v) is 7.73. The van der Waals surface area contributed by atoms with Gasteiger partial charge < -0.3 is 10.5 Å². The molecule has 0 radical (unpaired) electrons. The van der Waals surface area contributed by atoms with E-state index in [0.717, 1.165) is 29.2 Å². The van der Waals surface area contributed by atoms with Crippen molar-refractivity contribution in [1.82, 2.24) is 4.98 Å². The van der Waals surface area contributed by atoms with Gasteiger partial charge in [0.05, 0.1) is 6.10 Å². The molecule has 20 heavy (non-hydrogen) atoms. The maximum Gasteiger partial charge on any atom is 0.204 e. The van der Waals surface area contributed by atoms with Crippen LogP contribution in [-0.2, 0) is 0 Å².